The first-order chi connectivity index (χ1) is 12.2. The summed E-state index contributed by atoms with van der Waals surface area (Å²) in [5.41, 5.74) is 2.24. The Morgan fingerprint density at radius 3 is 2.46 bits per heavy atom. The summed E-state index contributed by atoms with van der Waals surface area (Å²) in [5.74, 6) is 1.57. The van der Waals surface area contributed by atoms with Gasteiger partial charge in [0.25, 0.3) is 0 Å². The van der Waals surface area contributed by atoms with Gasteiger partial charge in [-0.15, -0.1) is 24.0 Å². The fourth-order valence-corrected chi connectivity index (χ4v) is 2.43. The zero-order valence-corrected chi connectivity index (χ0v) is 17.3. The molecule has 0 fully saturated rings. The molecule has 0 aliphatic rings. The van der Waals surface area contributed by atoms with Crippen molar-refractivity contribution >= 4 is 41.5 Å². The zero-order valence-electron chi connectivity index (χ0n) is 14.3. The number of aromatic nitrogens is 3. The Balaban J connectivity index is 0.00000243. The van der Waals surface area contributed by atoms with E-state index in [1.165, 1.54) is 0 Å². The van der Waals surface area contributed by atoms with E-state index in [4.69, 9.17) is 11.6 Å². The Bertz CT molecular complexity index is 833. The van der Waals surface area contributed by atoms with Crippen LogP contribution in [0.4, 0.5) is 0 Å². The maximum absolute atomic E-state index is 5.90. The lowest BCUT2D eigenvalue weighted by molar-refractivity contribution is 0.806. The van der Waals surface area contributed by atoms with E-state index in [2.05, 4.69) is 25.6 Å². The normalized spacial score (nSPS) is 10.9. The molecule has 1 aromatic carbocycles. The highest BCUT2D eigenvalue weighted by molar-refractivity contribution is 14.0. The molecule has 0 saturated heterocycles. The highest BCUT2D eigenvalue weighted by Gasteiger charge is 2.02. The third-order valence-electron chi connectivity index (χ3n) is 3.64. The Labute approximate surface area is 174 Å². The number of guanidine groups is 1. The van der Waals surface area contributed by atoms with Crippen molar-refractivity contribution in [1.29, 1.82) is 0 Å². The van der Waals surface area contributed by atoms with E-state index in [0.717, 1.165) is 27.9 Å². The molecule has 0 atom stereocenters. The molecule has 26 heavy (non-hydrogen) atoms. The Morgan fingerprint density at radius 1 is 1.08 bits per heavy atom. The van der Waals surface area contributed by atoms with E-state index < -0.39 is 0 Å². The minimum Gasteiger partial charge on any atom is -0.352 e. The standard InChI is InChI=1S/C18H19ClN6.HI/c1-20-18(23-11-14-2-4-16(19)5-3-14)24-12-15-6-7-22-17(10-15)25-9-8-21-13-25;/h2-10,13H,11-12H2,1H3,(H2,20,23,24);1H. The number of nitrogens with one attached hydrogen (secondary N) is 2. The van der Waals surface area contributed by atoms with Crippen LogP contribution in [0.2, 0.25) is 5.02 Å². The van der Waals surface area contributed by atoms with Gasteiger partial charge in [0.1, 0.15) is 12.1 Å². The van der Waals surface area contributed by atoms with Crippen molar-refractivity contribution in [3.63, 3.8) is 0 Å². The molecule has 136 valence electrons. The van der Waals surface area contributed by atoms with Crippen molar-refractivity contribution in [1.82, 2.24) is 25.2 Å². The van der Waals surface area contributed by atoms with Gasteiger partial charge in [0.2, 0.25) is 0 Å². The second-order valence-electron chi connectivity index (χ2n) is 5.40. The van der Waals surface area contributed by atoms with E-state index in [1.807, 2.05) is 47.2 Å². The van der Waals surface area contributed by atoms with Crippen LogP contribution in [0.5, 0.6) is 0 Å². The molecule has 3 rings (SSSR count). The van der Waals surface area contributed by atoms with Crippen LogP contribution in [0.3, 0.4) is 0 Å². The maximum atomic E-state index is 5.90. The lowest BCUT2D eigenvalue weighted by Crippen LogP contribution is -2.36. The summed E-state index contributed by atoms with van der Waals surface area (Å²) in [4.78, 5) is 12.6. The zero-order chi connectivity index (χ0) is 17.5. The molecule has 2 aromatic heterocycles. The van der Waals surface area contributed by atoms with Gasteiger partial charge in [-0.2, -0.15) is 0 Å². The molecule has 0 aliphatic heterocycles. The summed E-state index contributed by atoms with van der Waals surface area (Å²) in [6.45, 7) is 1.32. The van der Waals surface area contributed by atoms with E-state index >= 15 is 0 Å². The van der Waals surface area contributed by atoms with Gasteiger partial charge in [0, 0.05) is 43.8 Å². The fourth-order valence-electron chi connectivity index (χ4n) is 2.30. The average molecular weight is 483 g/mol. The molecule has 0 spiro atoms. The van der Waals surface area contributed by atoms with Crippen molar-refractivity contribution in [2.24, 2.45) is 4.99 Å². The maximum Gasteiger partial charge on any atom is 0.191 e. The molecule has 0 bridgehead atoms. The number of imidazole rings is 1. The molecule has 3 aromatic rings. The van der Waals surface area contributed by atoms with Crippen LogP contribution >= 0.6 is 35.6 Å². The van der Waals surface area contributed by atoms with E-state index in [9.17, 15) is 0 Å². The summed E-state index contributed by atoms with van der Waals surface area (Å²) in [6, 6.07) is 11.7. The average Bonchev–Trinajstić information content (AvgIpc) is 3.18. The number of aliphatic imine (C=N–C) groups is 1. The highest BCUT2D eigenvalue weighted by atomic mass is 127. The van der Waals surface area contributed by atoms with Crippen molar-refractivity contribution in [2.75, 3.05) is 7.05 Å². The number of hydrogen-bond donors (Lipinski definition) is 2. The Morgan fingerprint density at radius 2 is 1.81 bits per heavy atom. The van der Waals surface area contributed by atoms with E-state index in [0.29, 0.717) is 13.1 Å². The minimum absolute atomic E-state index is 0. The number of pyridine rings is 1. The molecule has 6 nitrogen and oxygen atoms in total. The van der Waals surface area contributed by atoms with Crippen molar-refractivity contribution < 1.29 is 0 Å². The number of nitrogens with zero attached hydrogens (tertiary/aromatic N) is 4. The van der Waals surface area contributed by atoms with Crippen molar-refractivity contribution in [3.8, 4) is 5.82 Å². The van der Waals surface area contributed by atoms with Crippen LogP contribution in [0.1, 0.15) is 11.1 Å². The quantitative estimate of drug-likeness (QED) is 0.332. The summed E-state index contributed by atoms with van der Waals surface area (Å²) in [5, 5.41) is 7.32. The number of halogens is 2. The molecule has 8 heteroatoms. The van der Waals surface area contributed by atoms with E-state index in [1.54, 1.807) is 25.8 Å². The SMILES string of the molecule is CN=C(NCc1ccc(Cl)cc1)NCc1ccnc(-n2ccnc2)c1.I. The third kappa shape index (κ3) is 5.70. The smallest absolute Gasteiger partial charge is 0.191 e. The topological polar surface area (TPSA) is 67.1 Å². The van der Waals surface area contributed by atoms with Gasteiger partial charge in [-0.25, -0.2) is 9.97 Å². The fraction of sp³-hybridized carbons (Fsp3) is 0.167. The largest absolute Gasteiger partial charge is 0.352 e. The van der Waals surface area contributed by atoms with Gasteiger partial charge in [-0.05, 0) is 35.4 Å². The molecule has 2 heterocycles. The predicted molar refractivity (Wildman–Crippen MR) is 115 cm³/mol. The first-order valence-corrected chi connectivity index (χ1v) is 8.24. The van der Waals surface area contributed by atoms with Crippen LogP contribution in [0.25, 0.3) is 5.82 Å². The van der Waals surface area contributed by atoms with Gasteiger partial charge in [0.05, 0.1) is 0 Å². The predicted octanol–water partition coefficient (Wildman–Crippen LogP) is 3.40. The lowest BCUT2D eigenvalue weighted by atomic mass is 10.2. The van der Waals surface area contributed by atoms with Gasteiger partial charge >= 0.3 is 0 Å². The third-order valence-corrected chi connectivity index (χ3v) is 3.89. The van der Waals surface area contributed by atoms with Gasteiger partial charge < -0.3 is 10.6 Å². The molecular formula is C18H20ClIN6. The van der Waals surface area contributed by atoms with Gasteiger partial charge in [-0.1, -0.05) is 23.7 Å². The van der Waals surface area contributed by atoms with Gasteiger partial charge in [-0.3, -0.25) is 9.56 Å². The van der Waals surface area contributed by atoms with Crippen molar-refractivity contribution in [3.05, 3.63) is 77.5 Å². The first kappa shape index (κ1) is 20.2. The number of rotatable bonds is 5. The molecule has 0 radical (unpaired) electrons. The van der Waals surface area contributed by atoms with Gasteiger partial charge in [0.15, 0.2) is 5.96 Å². The van der Waals surface area contributed by atoms with Crippen LogP contribution in [-0.4, -0.2) is 27.5 Å². The summed E-state index contributed by atoms with van der Waals surface area (Å²) in [6.07, 6.45) is 7.11. The van der Waals surface area contributed by atoms with Crippen molar-refractivity contribution in [2.45, 2.75) is 13.1 Å². The van der Waals surface area contributed by atoms with Crippen LogP contribution < -0.4 is 10.6 Å². The highest BCUT2D eigenvalue weighted by Crippen LogP contribution is 2.09. The second-order valence-corrected chi connectivity index (χ2v) is 5.83. The Hall–Kier alpha value is -2.13. The molecule has 0 unspecified atom stereocenters. The molecule has 0 aliphatic carbocycles. The molecular weight excluding hydrogens is 463 g/mol. The second kappa shape index (κ2) is 10.1. The monoisotopic (exact) mass is 482 g/mol. The van der Waals surface area contributed by atoms with Crippen LogP contribution in [0.15, 0.2) is 66.3 Å². The molecule has 2 N–H and O–H groups in total. The number of hydrogen-bond acceptors (Lipinski definition) is 3. The summed E-state index contributed by atoms with van der Waals surface area (Å²) >= 11 is 5.90. The molecule has 0 saturated carbocycles. The summed E-state index contributed by atoms with van der Waals surface area (Å²) in [7, 11) is 1.75. The Kier molecular flexibility index (Phi) is 7.86. The van der Waals surface area contributed by atoms with E-state index in [-0.39, 0.29) is 24.0 Å². The molecule has 0 amide bonds. The summed E-state index contributed by atoms with van der Waals surface area (Å²) < 4.78 is 1.87. The van der Waals surface area contributed by atoms with Crippen LogP contribution in [0, 0.1) is 0 Å². The van der Waals surface area contributed by atoms with Crippen LogP contribution in [-0.2, 0) is 13.1 Å². The first-order valence-electron chi connectivity index (χ1n) is 7.87. The number of benzene rings is 1. The minimum atomic E-state index is 0. The lowest BCUT2D eigenvalue weighted by Gasteiger charge is -2.12.